The summed E-state index contributed by atoms with van der Waals surface area (Å²) in [5.74, 6) is 0.556. The molecule has 0 atom stereocenters. The van der Waals surface area contributed by atoms with Gasteiger partial charge in [-0.3, -0.25) is 4.79 Å². The molecule has 1 aromatic carbocycles. The van der Waals surface area contributed by atoms with Crippen molar-refractivity contribution in [2.45, 2.75) is 6.92 Å². The second-order valence-corrected chi connectivity index (χ2v) is 3.80. The third-order valence-electron chi connectivity index (χ3n) is 1.89. The van der Waals surface area contributed by atoms with E-state index in [-0.39, 0.29) is 5.43 Å². The first-order chi connectivity index (χ1) is 6.58. The van der Waals surface area contributed by atoms with Crippen molar-refractivity contribution in [3.05, 3.63) is 44.2 Å². The van der Waals surface area contributed by atoms with Crippen LogP contribution in [-0.4, -0.2) is 0 Å². The van der Waals surface area contributed by atoms with E-state index >= 15 is 0 Å². The predicted molar refractivity (Wildman–Crippen MR) is 57.2 cm³/mol. The smallest absolute Gasteiger partial charge is 0.192 e. The number of rotatable bonds is 0. The van der Waals surface area contributed by atoms with E-state index < -0.39 is 0 Å². The maximum absolute atomic E-state index is 11.5. The Morgan fingerprint density at radius 2 is 1.79 bits per heavy atom. The molecule has 0 amide bonds. The molecule has 2 aromatic rings. The zero-order valence-corrected chi connectivity index (χ0v) is 8.82. The lowest BCUT2D eigenvalue weighted by Crippen LogP contribution is -2.00. The van der Waals surface area contributed by atoms with E-state index in [0.717, 1.165) is 0 Å². The number of hydrogen-bond acceptors (Lipinski definition) is 2. The predicted octanol–water partition coefficient (Wildman–Crippen LogP) is 3.41. The van der Waals surface area contributed by atoms with Crippen LogP contribution in [0.5, 0.6) is 0 Å². The molecule has 1 aromatic heterocycles. The molecule has 0 radical (unpaired) electrons. The summed E-state index contributed by atoms with van der Waals surface area (Å²) in [6.45, 7) is 1.71. The molecule has 0 N–H and O–H groups in total. The van der Waals surface area contributed by atoms with Crippen LogP contribution in [0.3, 0.4) is 0 Å². The summed E-state index contributed by atoms with van der Waals surface area (Å²) in [5, 5.41) is 1.19. The minimum absolute atomic E-state index is 0.109. The summed E-state index contributed by atoms with van der Waals surface area (Å²) in [7, 11) is 0. The Labute approximate surface area is 90.1 Å². The molecule has 2 rings (SSSR count). The first kappa shape index (κ1) is 9.56. The van der Waals surface area contributed by atoms with E-state index in [1.807, 2.05) is 0 Å². The Morgan fingerprint density at radius 1 is 1.14 bits per heavy atom. The molecule has 4 heteroatoms. The van der Waals surface area contributed by atoms with Gasteiger partial charge in [0.25, 0.3) is 0 Å². The highest BCUT2D eigenvalue weighted by Gasteiger charge is 2.06. The molecule has 0 aliphatic heterocycles. The summed E-state index contributed by atoms with van der Waals surface area (Å²) in [6, 6.07) is 4.49. The third-order valence-corrected chi connectivity index (χ3v) is 2.62. The second-order valence-electron chi connectivity index (χ2n) is 2.98. The fourth-order valence-electron chi connectivity index (χ4n) is 1.27. The van der Waals surface area contributed by atoms with Gasteiger partial charge in [0, 0.05) is 12.1 Å². The summed E-state index contributed by atoms with van der Waals surface area (Å²) < 4.78 is 5.34. The number of fused-ring (bicyclic) bond motifs is 1. The SMILES string of the molecule is Cc1cc(=O)c2cc(Cl)c(Cl)cc2o1. The molecular weight excluding hydrogens is 223 g/mol. The van der Waals surface area contributed by atoms with Crippen molar-refractivity contribution in [1.82, 2.24) is 0 Å². The minimum atomic E-state index is -0.109. The van der Waals surface area contributed by atoms with Gasteiger partial charge in [0.1, 0.15) is 11.3 Å². The average Bonchev–Trinajstić information content (AvgIpc) is 2.08. The van der Waals surface area contributed by atoms with Crippen LogP contribution in [0.4, 0.5) is 0 Å². The number of benzene rings is 1. The second kappa shape index (κ2) is 3.30. The van der Waals surface area contributed by atoms with Crippen LogP contribution in [-0.2, 0) is 0 Å². The quantitative estimate of drug-likeness (QED) is 0.692. The van der Waals surface area contributed by atoms with Gasteiger partial charge in [-0.15, -0.1) is 0 Å². The van der Waals surface area contributed by atoms with Crippen LogP contribution in [0, 0.1) is 6.92 Å². The average molecular weight is 229 g/mol. The molecule has 1 heterocycles. The largest absolute Gasteiger partial charge is 0.461 e. The zero-order chi connectivity index (χ0) is 10.3. The molecule has 0 spiro atoms. The minimum Gasteiger partial charge on any atom is -0.461 e. The Morgan fingerprint density at radius 3 is 2.50 bits per heavy atom. The van der Waals surface area contributed by atoms with Gasteiger partial charge in [-0.25, -0.2) is 0 Å². The molecule has 72 valence electrons. The first-order valence-corrected chi connectivity index (χ1v) is 4.73. The van der Waals surface area contributed by atoms with E-state index in [1.54, 1.807) is 13.0 Å². The fourth-order valence-corrected chi connectivity index (χ4v) is 1.59. The lowest BCUT2D eigenvalue weighted by atomic mass is 10.2. The van der Waals surface area contributed by atoms with Gasteiger partial charge in [0.15, 0.2) is 5.43 Å². The fraction of sp³-hybridized carbons (Fsp3) is 0.100. The van der Waals surface area contributed by atoms with Crippen molar-refractivity contribution in [2.75, 3.05) is 0 Å². The Balaban J connectivity index is 2.96. The van der Waals surface area contributed by atoms with Crippen LogP contribution in [0.15, 0.2) is 27.4 Å². The van der Waals surface area contributed by atoms with E-state index in [9.17, 15) is 4.79 Å². The van der Waals surface area contributed by atoms with Crippen LogP contribution in [0.2, 0.25) is 10.0 Å². The van der Waals surface area contributed by atoms with E-state index in [2.05, 4.69) is 0 Å². The molecule has 0 aliphatic carbocycles. The van der Waals surface area contributed by atoms with Crippen molar-refractivity contribution < 1.29 is 4.42 Å². The van der Waals surface area contributed by atoms with Crippen molar-refractivity contribution in [1.29, 1.82) is 0 Å². The summed E-state index contributed by atoms with van der Waals surface area (Å²) in [6.07, 6.45) is 0. The maximum atomic E-state index is 11.5. The van der Waals surface area contributed by atoms with Gasteiger partial charge < -0.3 is 4.42 Å². The molecule has 0 unspecified atom stereocenters. The molecule has 0 fully saturated rings. The van der Waals surface area contributed by atoms with Crippen molar-refractivity contribution >= 4 is 34.2 Å². The lowest BCUT2D eigenvalue weighted by Gasteiger charge is -2.00. The highest BCUT2D eigenvalue weighted by Crippen LogP contribution is 2.26. The highest BCUT2D eigenvalue weighted by atomic mass is 35.5. The molecule has 0 bridgehead atoms. The van der Waals surface area contributed by atoms with Crippen molar-refractivity contribution in [3.8, 4) is 0 Å². The normalized spacial score (nSPS) is 10.8. The monoisotopic (exact) mass is 228 g/mol. The lowest BCUT2D eigenvalue weighted by molar-refractivity contribution is 0.565. The molecule has 14 heavy (non-hydrogen) atoms. The highest BCUT2D eigenvalue weighted by molar-refractivity contribution is 6.42. The third kappa shape index (κ3) is 1.51. The van der Waals surface area contributed by atoms with Crippen molar-refractivity contribution in [2.24, 2.45) is 0 Å². The van der Waals surface area contributed by atoms with Crippen molar-refractivity contribution in [3.63, 3.8) is 0 Å². The van der Waals surface area contributed by atoms with Crippen LogP contribution < -0.4 is 5.43 Å². The Bertz CT molecular complexity index is 558. The molecule has 0 saturated heterocycles. The summed E-state index contributed by atoms with van der Waals surface area (Å²) in [5.41, 5.74) is 0.353. The van der Waals surface area contributed by atoms with Gasteiger partial charge in [0.2, 0.25) is 0 Å². The topological polar surface area (TPSA) is 30.2 Å². The Kier molecular flexibility index (Phi) is 2.25. The molecule has 0 aliphatic rings. The molecular formula is C10H6Cl2O2. The standard InChI is InChI=1S/C10H6Cl2O2/c1-5-2-9(13)6-3-7(11)8(12)4-10(6)14-5/h2-4H,1H3. The van der Waals surface area contributed by atoms with Gasteiger partial charge in [-0.05, 0) is 13.0 Å². The van der Waals surface area contributed by atoms with E-state index in [4.69, 9.17) is 27.6 Å². The van der Waals surface area contributed by atoms with E-state index in [0.29, 0.717) is 26.8 Å². The van der Waals surface area contributed by atoms with Crippen LogP contribution in [0.25, 0.3) is 11.0 Å². The van der Waals surface area contributed by atoms with Gasteiger partial charge in [-0.2, -0.15) is 0 Å². The van der Waals surface area contributed by atoms with Crippen LogP contribution >= 0.6 is 23.2 Å². The maximum Gasteiger partial charge on any atom is 0.192 e. The summed E-state index contributed by atoms with van der Waals surface area (Å²) >= 11 is 11.6. The van der Waals surface area contributed by atoms with Gasteiger partial charge in [0.05, 0.1) is 15.4 Å². The molecule has 2 nitrogen and oxygen atoms in total. The molecule has 0 saturated carbocycles. The first-order valence-electron chi connectivity index (χ1n) is 3.97. The van der Waals surface area contributed by atoms with Gasteiger partial charge in [-0.1, -0.05) is 23.2 Å². The van der Waals surface area contributed by atoms with E-state index in [1.165, 1.54) is 12.1 Å². The number of aryl methyl sites for hydroxylation is 1. The Hall–Kier alpha value is -0.990. The van der Waals surface area contributed by atoms with Gasteiger partial charge >= 0.3 is 0 Å². The van der Waals surface area contributed by atoms with Crippen LogP contribution in [0.1, 0.15) is 5.76 Å². The summed E-state index contributed by atoms with van der Waals surface area (Å²) in [4.78, 5) is 11.5. The number of hydrogen-bond donors (Lipinski definition) is 0. The number of halogens is 2. The zero-order valence-electron chi connectivity index (χ0n) is 7.30.